The predicted molar refractivity (Wildman–Crippen MR) is 74.3 cm³/mol. The molecule has 1 fully saturated rings. The molecule has 2 rings (SSSR count). The summed E-state index contributed by atoms with van der Waals surface area (Å²) in [7, 11) is 0. The Bertz CT molecular complexity index is 529. The van der Waals surface area contributed by atoms with Gasteiger partial charge < -0.3 is 15.5 Å². The van der Waals surface area contributed by atoms with Crippen LogP contribution in [0.4, 0.5) is 5.13 Å². The molecule has 1 aromatic rings. The SMILES string of the molecule is Cc1csc(NC(=O)CCC(=O)N2CCNC(=O)C2)n1. The fourth-order valence-corrected chi connectivity index (χ4v) is 2.53. The van der Waals surface area contributed by atoms with Crippen LogP contribution in [0.5, 0.6) is 0 Å². The van der Waals surface area contributed by atoms with Crippen LogP contribution >= 0.6 is 11.3 Å². The van der Waals surface area contributed by atoms with E-state index in [2.05, 4.69) is 15.6 Å². The first-order chi connectivity index (χ1) is 9.54. The molecule has 0 bridgehead atoms. The van der Waals surface area contributed by atoms with E-state index in [-0.39, 0.29) is 37.1 Å². The number of anilines is 1. The molecular formula is C12H16N4O3S. The zero-order chi connectivity index (χ0) is 14.5. The second-order valence-electron chi connectivity index (χ2n) is 4.51. The van der Waals surface area contributed by atoms with E-state index in [9.17, 15) is 14.4 Å². The molecule has 20 heavy (non-hydrogen) atoms. The van der Waals surface area contributed by atoms with Gasteiger partial charge in [0.2, 0.25) is 17.7 Å². The molecule has 3 amide bonds. The van der Waals surface area contributed by atoms with E-state index in [0.717, 1.165) is 5.69 Å². The van der Waals surface area contributed by atoms with E-state index in [1.54, 1.807) is 0 Å². The first-order valence-corrected chi connectivity index (χ1v) is 7.19. The molecule has 0 unspecified atom stereocenters. The number of hydrogen-bond acceptors (Lipinski definition) is 5. The second-order valence-corrected chi connectivity index (χ2v) is 5.37. The topological polar surface area (TPSA) is 91.4 Å². The van der Waals surface area contributed by atoms with Gasteiger partial charge in [0.15, 0.2) is 5.13 Å². The summed E-state index contributed by atoms with van der Waals surface area (Å²) in [6.07, 6.45) is 0.194. The van der Waals surface area contributed by atoms with Crippen LogP contribution in [0.25, 0.3) is 0 Å². The smallest absolute Gasteiger partial charge is 0.239 e. The zero-order valence-corrected chi connectivity index (χ0v) is 12.0. The molecule has 2 N–H and O–H groups in total. The molecule has 0 atom stereocenters. The van der Waals surface area contributed by atoms with Gasteiger partial charge >= 0.3 is 0 Å². The highest BCUT2D eigenvalue weighted by atomic mass is 32.1. The minimum atomic E-state index is -0.242. The zero-order valence-electron chi connectivity index (χ0n) is 11.1. The largest absolute Gasteiger partial charge is 0.353 e. The van der Waals surface area contributed by atoms with Gasteiger partial charge in [0.25, 0.3) is 0 Å². The van der Waals surface area contributed by atoms with Crippen molar-refractivity contribution in [2.75, 3.05) is 25.0 Å². The van der Waals surface area contributed by atoms with Crippen molar-refractivity contribution < 1.29 is 14.4 Å². The number of aryl methyl sites for hydroxylation is 1. The van der Waals surface area contributed by atoms with Gasteiger partial charge in [0.1, 0.15) is 0 Å². The molecule has 2 heterocycles. The molecule has 0 aromatic carbocycles. The van der Waals surface area contributed by atoms with E-state index < -0.39 is 0 Å². The highest BCUT2D eigenvalue weighted by molar-refractivity contribution is 7.13. The van der Waals surface area contributed by atoms with Gasteiger partial charge in [0.05, 0.1) is 12.2 Å². The van der Waals surface area contributed by atoms with Crippen LogP contribution in [0.2, 0.25) is 0 Å². The first kappa shape index (κ1) is 14.4. The lowest BCUT2D eigenvalue weighted by Crippen LogP contribution is -2.50. The second kappa shape index (κ2) is 6.47. The molecule has 8 heteroatoms. The molecule has 1 saturated heterocycles. The highest BCUT2D eigenvalue weighted by Crippen LogP contribution is 2.14. The van der Waals surface area contributed by atoms with Gasteiger partial charge in [-0.15, -0.1) is 11.3 Å². The molecule has 1 aliphatic rings. The summed E-state index contributed by atoms with van der Waals surface area (Å²) in [5, 5.41) is 7.68. The van der Waals surface area contributed by atoms with Gasteiger partial charge in [-0.25, -0.2) is 4.98 Å². The van der Waals surface area contributed by atoms with E-state index >= 15 is 0 Å². The normalized spacial score (nSPS) is 14.8. The lowest BCUT2D eigenvalue weighted by atomic mass is 10.2. The number of amides is 3. The molecule has 0 radical (unpaired) electrons. The molecule has 7 nitrogen and oxygen atoms in total. The summed E-state index contributed by atoms with van der Waals surface area (Å²) in [4.78, 5) is 40.3. The number of carbonyl (C=O) groups is 3. The van der Waals surface area contributed by atoms with Gasteiger partial charge in [0, 0.05) is 31.3 Å². The Morgan fingerprint density at radius 3 is 2.95 bits per heavy atom. The Morgan fingerprint density at radius 2 is 2.30 bits per heavy atom. The lowest BCUT2D eigenvalue weighted by molar-refractivity contribution is -0.138. The molecule has 0 saturated carbocycles. The van der Waals surface area contributed by atoms with Crippen molar-refractivity contribution in [2.24, 2.45) is 0 Å². The van der Waals surface area contributed by atoms with Gasteiger partial charge in [-0.05, 0) is 6.92 Å². The van der Waals surface area contributed by atoms with E-state index in [4.69, 9.17) is 0 Å². The molecule has 1 aromatic heterocycles. The summed E-state index contributed by atoms with van der Waals surface area (Å²) in [6.45, 7) is 2.89. The molecular weight excluding hydrogens is 280 g/mol. The van der Waals surface area contributed by atoms with Crippen LogP contribution in [0.15, 0.2) is 5.38 Å². The highest BCUT2D eigenvalue weighted by Gasteiger charge is 2.21. The summed E-state index contributed by atoms with van der Waals surface area (Å²) in [5.74, 6) is -0.577. The van der Waals surface area contributed by atoms with Crippen LogP contribution in [-0.4, -0.2) is 47.2 Å². The van der Waals surface area contributed by atoms with Crippen LogP contribution in [0.3, 0.4) is 0 Å². The van der Waals surface area contributed by atoms with Crippen molar-refractivity contribution in [1.29, 1.82) is 0 Å². The summed E-state index contributed by atoms with van der Waals surface area (Å²) in [6, 6.07) is 0. The van der Waals surface area contributed by atoms with Crippen molar-refractivity contribution in [3.05, 3.63) is 11.1 Å². The first-order valence-electron chi connectivity index (χ1n) is 6.31. The quantitative estimate of drug-likeness (QED) is 0.826. The Morgan fingerprint density at radius 1 is 1.50 bits per heavy atom. The summed E-state index contributed by atoms with van der Waals surface area (Å²) >= 11 is 1.35. The van der Waals surface area contributed by atoms with E-state index in [0.29, 0.717) is 18.2 Å². The van der Waals surface area contributed by atoms with Crippen molar-refractivity contribution in [2.45, 2.75) is 19.8 Å². The van der Waals surface area contributed by atoms with Gasteiger partial charge in [-0.3, -0.25) is 14.4 Å². The minimum Gasteiger partial charge on any atom is -0.353 e. The van der Waals surface area contributed by atoms with Crippen molar-refractivity contribution in [3.8, 4) is 0 Å². The number of nitrogens with zero attached hydrogens (tertiary/aromatic N) is 2. The monoisotopic (exact) mass is 296 g/mol. The standard InChI is InChI=1S/C12H16N4O3S/c1-8-7-20-12(14-8)15-9(17)2-3-11(19)16-5-4-13-10(18)6-16/h7H,2-6H2,1H3,(H,13,18)(H,14,15,17). The Labute approximate surface area is 120 Å². The maximum Gasteiger partial charge on any atom is 0.239 e. The Kier molecular flexibility index (Phi) is 4.67. The number of aromatic nitrogens is 1. The minimum absolute atomic E-state index is 0.0755. The average Bonchev–Trinajstić information content (AvgIpc) is 2.81. The van der Waals surface area contributed by atoms with Crippen molar-refractivity contribution >= 4 is 34.2 Å². The molecule has 108 valence electrons. The third kappa shape index (κ3) is 4.02. The molecule has 0 aliphatic carbocycles. The lowest BCUT2D eigenvalue weighted by Gasteiger charge is -2.26. The third-order valence-corrected chi connectivity index (χ3v) is 3.70. The fraction of sp³-hybridized carbons (Fsp3) is 0.500. The third-order valence-electron chi connectivity index (χ3n) is 2.82. The summed E-state index contributed by atoms with van der Waals surface area (Å²) < 4.78 is 0. The number of carbonyl (C=O) groups excluding carboxylic acids is 3. The van der Waals surface area contributed by atoms with Crippen LogP contribution in [0.1, 0.15) is 18.5 Å². The van der Waals surface area contributed by atoms with Gasteiger partial charge in [-0.2, -0.15) is 0 Å². The number of hydrogen-bond donors (Lipinski definition) is 2. The Balaban J connectivity index is 1.75. The van der Waals surface area contributed by atoms with Crippen LogP contribution in [-0.2, 0) is 14.4 Å². The van der Waals surface area contributed by atoms with Crippen molar-refractivity contribution in [3.63, 3.8) is 0 Å². The van der Waals surface area contributed by atoms with E-state index in [1.165, 1.54) is 16.2 Å². The van der Waals surface area contributed by atoms with Crippen LogP contribution in [0, 0.1) is 6.92 Å². The number of rotatable bonds is 4. The van der Waals surface area contributed by atoms with Gasteiger partial charge in [-0.1, -0.05) is 0 Å². The molecule has 1 aliphatic heterocycles. The predicted octanol–water partition coefficient (Wildman–Crippen LogP) is 0.129. The Hall–Kier alpha value is -1.96. The number of piperazine rings is 1. The van der Waals surface area contributed by atoms with Crippen LogP contribution < -0.4 is 10.6 Å². The van der Waals surface area contributed by atoms with E-state index in [1.807, 2.05) is 12.3 Å². The molecule has 0 spiro atoms. The average molecular weight is 296 g/mol. The maximum atomic E-state index is 11.9. The number of thiazole rings is 1. The summed E-state index contributed by atoms with van der Waals surface area (Å²) in [5.41, 5.74) is 0.848. The van der Waals surface area contributed by atoms with Crippen molar-refractivity contribution in [1.82, 2.24) is 15.2 Å². The fourth-order valence-electron chi connectivity index (χ4n) is 1.82. The maximum absolute atomic E-state index is 11.9. The number of nitrogens with one attached hydrogen (secondary N) is 2.